The summed E-state index contributed by atoms with van der Waals surface area (Å²) in [6.07, 6.45) is 1.96. The van der Waals surface area contributed by atoms with Crippen LogP contribution in [0.2, 0.25) is 0 Å². The normalized spacial score (nSPS) is 11.6. The van der Waals surface area contributed by atoms with Gasteiger partial charge >= 0.3 is 0 Å². The van der Waals surface area contributed by atoms with Gasteiger partial charge in [0.2, 0.25) is 0 Å². The van der Waals surface area contributed by atoms with Crippen molar-refractivity contribution in [3.05, 3.63) is 22.2 Å². The molecule has 0 amide bonds. The quantitative estimate of drug-likeness (QED) is 0.744. The molecule has 3 N–H and O–H groups in total. The molecule has 0 spiro atoms. The van der Waals surface area contributed by atoms with Gasteiger partial charge in [0, 0.05) is 6.07 Å². The molecule has 1 rings (SSSR count). The number of rotatable bonds is 2. The lowest BCUT2D eigenvalue weighted by atomic mass is 10.2. The lowest BCUT2D eigenvalue weighted by Crippen LogP contribution is -2.22. The average molecular weight is 199 g/mol. The number of H-pyrrole nitrogens is 1. The van der Waals surface area contributed by atoms with Crippen molar-refractivity contribution in [3.8, 4) is 0 Å². The van der Waals surface area contributed by atoms with Crippen LogP contribution in [0, 0.1) is 0 Å². The minimum absolute atomic E-state index is 0.204. The summed E-state index contributed by atoms with van der Waals surface area (Å²) in [4.78, 5) is 17.8. The Hall–Kier alpha value is -0.970. The number of thioether (sulfide) groups is 1. The molecule has 13 heavy (non-hydrogen) atoms. The van der Waals surface area contributed by atoms with Crippen molar-refractivity contribution >= 4 is 17.6 Å². The number of nitrogens with one attached hydrogen (secondary N) is 1. The second kappa shape index (κ2) is 3.41. The van der Waals surface area contributed by atoms with Crippen molar-refractivity contribution in [2.75, 3.05) is 12.0 Å². The van der Waals surface area contributed by atoms with E-state index >= 15 is 0 Å². The van der Waals surface area contributed by atoms with Crippen LogP contribution in [0.1, 0.15) is 19.7 Å². The Kier molecular flexibility index (Phi) is 2.66. The van der Waals surface area contributed by atoms with E-state index in [-0.39, 0.29) is 16.1 Å². The van der Waals surface area contributed by atoms with Gasteiger partial charge in [-0.25, -0.2) is 4.98 Å². The number of nitrogen functional groups attached to an aromatic ring is 1. The average Bonchev–Trinajstić information content (AvgIpc) is 2.02. The molecule has 0 aliphatic rings. The van der Waals surface area contributed by atoms with Crippen molar-refractivity contribution in [1.29, 1.82) is 0 Å². The number of aromatic nitrogens is 2. The summed E-state index contributed by atoms with van der Waals surface area (Å²) in [5, 5.41) is 0. The second-order valence-corrected chi connectivity index (χ2v) is 4.66. The van der Waals surface area contributed by atoms with Crippen LogP contribution in [0.5, 0.6) is 0 Å². The maximum Gasteiger partial charge on any atom is 0.253 e. The highest BCUT2D eigenvalue weighted by molar-refractivity contribution is 7.99. The van der Waals surface area contributed by atoms with E-state index in [2.05, 4.69) is 9.97 Å². The van der Waals surface area contributed by atoms with Crippen LogP contribution in [0.15, 0.2) is 10.9 Å². The van der Waals surface area contributed by atoms with E-state index in [0.717, 1.165) is 0 Å². The van der Waals surface area contributed by atoms with Gasteiger partial charge < -0.3 is 10.7 Å². The molecular weight excluding hydrogens is 186 g/mol. The number of anilines is 1. The third-order valence-corrected chi connectivity index (χ3v) is 3.06. The minimum Gasteiger partial charge on any atom is -0.383 e. The Morgan fingerprint density at radius 1 is 1.62 bits per heavy atom. The van der Waals surface area contributed by atoms with Crippen LogP contribution in [0.4, 0.5) is 5.82 Å². The largest absolute Gasteiger partial charge is 0.383 e. The molecule has 0 aliphatic carbocycles. The molecule has 0 saturated carbocycles. The number of nitrogens with two attached hydrogens (primary N) is 1. The molecule has 1 aromatic heterocycles. The van der Waals surface area contributed by atoms with Gasteiger partial charge in [0.15, 0.2) is 0 Å². The summed E-state index contributed by atoms with van der Waals surface area (Å²) in [5.41, 5.74) is 5.27. The smallest absolute Gasteiger partial charge is 0.253 e. The van der Waals surface area contributed by atoms with Crippen molar-refractivity contribution in [2.24, 2.45) is 0 Å². The molecule has 0 fully saturated rings. The van der Waals surface area contributed by atoms with E-state index in [1.807, 2.05) is 20.1 Å². The molecule has 0 aliphatic heterocycles. The third-order valence-electron chi connectivity index (χ3n) is 1.84. The molecule has 5 heteroatoms. The summed E-state index contributed by atoms with van der Waals surface area (Å²) in [6.45, 7) is 3.96. The molecule has 4 nitrogen and oxygen atoms in total. The van der Waals surface area contributed by atoms with Gasteiger partial charge in [-0.3, -0.25) is 4.79 Å². The highest BCUT2D eigenvalue weighted by Crippen LogP contribution is 2.30. The van der Waals surface area contributed by atoms with E-state index in [9.17, 15) is 4.79 Å². The number of hydrogen-bond donors (Lipinski definition) is 2. The van der Waals surface area contributed by atoms with Gasteiger partial charge in [0.05, 0.1) is 4.75 Å². The molecule has 0 atom stereocenters. The maximum absolute atomic E-state index is 11.1. The van der Waals surface area contributed by atoms with Crippen LogP contribution < -0.4 is 11.3 Å². The predicted molar refractivity (Wildman–Crippen MR) is 55.8 cm³/mol. The zero-order valence-electron chi connectivity index (χ0n) is 7.92. The van der Waals surface area contributed by atoms with E-state index < -0.39 is 0 Å². The van der Waals surface area contributed by atoms with Crippen LogP contribution >= 0.6 is 11.8 Å². The van der Waals surface area contributed by atoms with Crippen molar-refractivity contribution < 1.29 is 0 Å². The Labute approximate surface area is 81.0 Å². The van der Waals surface area contributed by atoms with E-state index in [1.165, 1.54) is 6.07 Å². The molecule has 0 unspecified atom stereocenters. The zero-order valence-corrected chi connectivity index (χ0v) is 8.73. The SMILES string of the molecule is CSC(C)(C)c1nc(N)cc(=O)[nH]1. The first kappa shape index (κ1) is 10.1. The molecule has 0 bridgehead atoms. The zero-order chi connectivity index (χ0) is 10.1. The number of aromatic amines is 1. The fraction of sp³-hybridized carbons (Fsp3) is 0.500. The molecule has 1 aromatic rings. The van der Waals surface area contributed by atoms with Crippen LogP contribution in [0.3, 0.4) is 0 Å². The first-order valence-corrected chi connectivity index (χ1v) is 5.10. The lowest BCUT2D eigenvalue weighted by Gasteiger charge is -2.20. The summed E-state index contributed by atoms with van der Waals surface area (Å²) in [5.74, 6) is 0.880. The Morgan fingerprint density at radius 3 is 2.69 bits per heavy atom. The molecule has 0 saturated heterocycles. The minimum atomic E-state index is -0.214. The predicted octanol–water partition coefficient (Wildman–Crippen LogP) is 0.950. The van der Waals surface area contributed by atoms with Gasteiger partial charge in [0.25, 0.3) is 5.56 Å². The standard InChI is InChI=1S/C8H13N3OS/c1-8(2,13-3)7-10-5(9)4-6(12)11-7/h4H,1-3H3,(H3,9,10,11,12). The van der Waals surface area contributed by atoms with Crippen molar-refractivity contribution in [2.45, 2.75) is 18.6 Å². The summed E-state index contributed by atoms with van der Waals surface area (Å²) < 4.78 is -0.214. The number of nitrogens with zero attached hydrogens (tertiary/aromatic N) is 1. The summed E-state index contributed by atoms with van der Waals surface area (Å²) in [6, 6.07) is 1.28. The second-order valence-electron chi connectivity index (χ2n) is 3.23. The van der Waals surface area contributed by atoms with Gasteiger partial charge in [0.1, 0.15) is 11.6 Å². The van der Waals surface area contributed by atoms with Crippen molar-refractivity contribution in [1.82, 2.24) is 9.97 Å². The van der Waals surface area contributed by atoms with Crippen LogP contribution in [-0.2, 0) is 4.75 Å². The number of hydrogen-bond acceptors (Lipinski definition) is 4. The van der Waals surface area contributed by atoms with Crippen molar-refractivity contribution in [3.63, 3.8) is 0 Å². The maximum atomic E-state index is 11.1. The highest BCUT2D eigenvalue weighted by atomic mass is 32.2. The third kappa shape index (κ3) is 2.24. The summed E-state index contributed by atoms with van der Waals surface area (Å²) in [7, 11) is 0. The molecule has 0 aromatic carbocycles. The topological polar surface area (TPSA) is 71.8 Å². The highest BCUT2D eigenvalue weighted by Gasteiger charge is 2.21. The lowest BCUT2D eigenvalue weighted by molar-refractivity contribution is 0.706. The van der Waals surface area contributed by atoms with Gasteiger partial charge in [-0.15, -0.1) is 0 Å². The van der Waals surface area contributed by atoms with E-state index in [4.69, 9.17) is 5.73 Å². The van der Waals surface area contributed by atoms with Crippen LogP contribution in [-0.4, -0.2) is 16.2 Å². The molecule has 0 radical (unpaired) electrons. The first-order valence-electron chi connectivity index (χ1n) is 3.88. The molecule has 1 heterocycles. The fourth-order valence-electron chi connectivity index (χ4n) is 0.858. The fourth-order valence-corrected chi connectivity index (χ4v) is 1.15. The Bertz CT molecular complexity index is 359. The monoisotopic (exact) mass is 199 g/mol. The Balaban J connectivity index is 3.23. The first-order chi connectivity index (χ1) is 5.95. The van der Waals surface area contributed by atoms with Gasteiger partial charge in [-0.2, -0.15) is 11.8 Å². The van der Waals surface area contributed by atoms with Gasteiger partial charge in [-0.05, 0) is 20.1 Å². The van der Waals surface area contributed by atoms with E-state index in [1.54, 1.807) is 11.8 Å². The Morgan fingerprint density at radius 2 is 2.23 bits per heavy atom. The van der Waals surface area contributed by atoms with Crippen LogP contribution in [0.25, 0.3) is 0 Å². The molecular formula is C8H13N3OS. The van der Waals surface area contributed by atoms with E-state index in [0.29, 0.717) is 5.82 Å². The summed E-state index contributed by atoms with van der Waals surface area (Å²) >= 11 is 1.61. The van der Waals surface area contributed by atoms with Gasteiger partial charge in [-0.1, -0.05) is 0 Å². The molecule has 72 valence electrons.